The van der Waals surface area contributed by atoms with Crippen LogP contribution in [0.1, 0.15) is 25.4 Å². The first-order chi connectivity index (χ1) is 9.24. The van der Waals surface area contributed by atoms with E-state index in [2.05, 4.69) is 34.3 Å². The molecule has 1 aromatic heterocycles. The molecular formula is C17H18N2. The molecule has 2 aromatic rings. The predicted molar refractivity (Wildman–Crippen MR) is 80.7 cm³/mol. The first-order valence-electron chi connectivity index (χ1n) is 6.45. The maximum Gasteiger partial charge on any atom is 0.126 e. The lowest BCUT2D eigenvalue weighted by Gasteiger charge is -2.07. The molecule has 0 saturated carbocycles. The molecule has 0 unspecified atom stereocenters. The van der Waals surface area contributed by atoms with E-state index in [4.69, 9.17) is 0 Å². The Morgan fingerprint density at radius 1 is 1.05 bits per heavy atom. The zero-order valence-corrected chi connectivity index (χ0v) is 11.6. The Morgan fingerprint density at radius 3 is 2.42 bits per heavy atom. The van der Waals surface area contributed by atoms with Crippen molar-refractivity contribution < 1.29 is 0 Å². The number of aryl methyl sites for hydroxylation is 1. The lowest BCUT2D eigenvalue weighted by Crippen LogP contribution is -1.96. The molecule has 0 N–H and O–H groups in total. The van der Waals surface area contributed by atoms with E-state index in [1.807, 2.05) is 51.1 Å². The van der Waals surface area contributed by atoms with Crippen LogP contribution in [0.4, 0.5) is 0 Å². The normalized spacial score (nSPS) is 12.1. The summed E-state index contributed by atoms with van der Waals surface area (Å²) in [6, 6.07) is 12.2. The van der Waals surface area contributed by atoms with Gasteiger partial charge in [0.1, 0.15) is 5.82 Å². The monoisotopic (exact) mass is 250 g/mol. The minimum Gasteiger partial charge on any atom is -0.233 e. The van der Waals surface area contributed by atoms with Crippen molar-refractivity contribution in [3.63, 3.8) is 0 Å². The van der Waals surface area contributed by atoms with Crippen LogP contribution < -0.4 is 0 Å². The molecule has 1 aromatic carbocycles. The molecule has 19 heavy (non-hydrogen) atoms. The fourth-order valence-corrected chi connectivity index (χ4v) is 1.98. The highest BCUT2D eigenvalue weighted by atomic mass is 14.9. The average molecular weight is 250 g/mol. The largest absolute Gasteiger partial charge is 0.233 e. The summed E-state index contributed by atoms with van der Waals surface area (Å²) >= 11 is 0. The number of hydrogen-bond donors (Lipinski definition) is 0. The van der Waals surface area contributed by atoms with Crippen molar-refractivity contribution in [1.82, 2.24) is 9.97 Å². The maximum atomic E-state index is 4.52. The van der Waals surface area contributed by atoms with E-state index in [1.54, 1.807) is 0 Å². The van der Waals surface area contributed by atoms with E-state index in [0.717, 1.165) is 28.3 Å². The van der Waals surface area contributed by atoms with Crippen molar-refractivity contribution in [2.24, 2.45) is 0 Å². The van der Waals surface area contributed by atoms with Gasteiger partial charge in [-0.25, -0.2) is 9.97 Å². The third kappa shape index (κ3) is 3.16. The van der Waals surface area contributed by atoms with Crippen LogP contribution in [-0.4, -0.2) is 9.97 Å². The molecular weight excluding hydrogens is 232 g/mol. The number of nitrogens with zero attached hydrogens (tertiary/aromatic N) is 2. The summed E-state index contributed by atoms with van der Waals surface area (Å²) < 4.78 is 0. The predicted octanol–water partition coefficient (Wildman–Crippen LogP) is 4.43. The molecule has 0 spiro atoms. The quantitative estimate of drug-likeness (QED) is 0.753. The van der Waals surface area contributed by atoms with Gasteiger partial charge in [0.15, 0.2) is 0 Å². The van der Waals surface area contributed by atoms with Crippen LogP contribution in [0.3, 0.4) is 0 Å². The van der Waals surface area contributed by atoms with E-state index in [1.165, 1.54) is 0 Å². The fourth-order valence-electron chi connectivity index (χ4n) is 1.98. The van der Waals surface area contributed by atoms with Crippen molar-refractivity contribution >= 4 is 5.57 Å². The van der Waals surface area contributed by atoms with E-state index >= 15 is 0 Å². The zero-order valence-electron chi connectivity index (χ0n) is 11.6. The Morgan fingerprint density at radius 2 is 1.79 bits per heavy atom. The van der Waals surface area contributed by atoms with Crippen molar-refractivity contribution in [2.45, 2.75) is 20.8 Å². The van der Waals surface area contributed by atoms with E-state index in [0.29, 0.717) is 0 Å². The lowest BCUT2D eigenvalue weighted by atomic mass is 10.1. The van der Waals surface area contributed by atoms with Crippen LogP contribution in [0.2, 0.25) is 0 Å². The minimum atomic E-state index is 0.792. The SMILES string of the molecule is C/C=C\C(=C/C)c1cc(-c2ccccc2)nc(C)n1. The van der Waals surface area contributed by atoms with Crippen LogP contribution in [0.15, 0.2) is 54.6 Å². The van der Waals surface area contributed by atoms with E-state index in [9.17, 15) is 0 Å². The number of aromatic nitrogens is 2. The topological polar surface area (TPSA) is 25.8 Å². The number of benzene rings is 1. The summed E-state index contributed by atoms with van der Waals surface area (Å²) in [7, 11) is 0. The average Bonchev–Trinajstić information content (AvgIpc) is 2.45. The fraction of sp³-hybridized carbons (Fsp3) is 0.176. The highest BCUT2D eigenvalue weighted by molar-refractivity contribution is 5.74. The number of hydrogen-bond acceptors (Lipinski definition) is 2. The van der Waals surface area contributed by atoms with Crippen molar-refractivity contribution in [3.05, 3.63) is 66.1 Å². The number of allylic oxidation sites excluding steroid dienone is 4. The standard InChI is InChI=1S/C17H18N2/c1-4-9-14(5-2)16-12-17(19-13(3)18-16)15-10-7-6-8-11-15/h4-12H,1-3H3/b9-4-,14-5+. The summed E-state index contributed by atoms with van der Waals surface area (Å²) in [5.41, 5.74) is 4.16. The van der Waals surface area contributed by atoms with Crippen molar-refractivity contribution in [2.75, 3.05) is 0 Å². The highest BCUT2D eigenvalue weighted by Gasteiger charge is 2.06. The van der Waals surface area contributed by atoms with Gasteiger partial charge in [0, 0.05) is 5.56 Å². The molecule has 0 radical (unpaired) electrons. The smallest absolute Gasteiger partial charge is 0.126 e. The molecule has 2 heteroatoms. The van der Waals surface area contributed by atoms with Gasteiger partial charge in [-0.15, -0.1) is 0 Å². The molecule has 0 aliphatic rings. The third-order valence-electron chi connectivity index (χ3n) is 2.86. The first-order valence-corrected chi connectivity index (χ1v) is 6.45. The summed E-state index contributed by atoms with van der Waals surface area (Å²) in [6.45, 7) is 5.96. The molecule has 0 saturated heterocycles. The summed E-state index contributed by atoms with van der Waals surface area (Å²) in [4.78, 5) is 9.04. The van der Waals surface area contributed by atoms with Gasteiger partial charge >= 0.3 is 0 Å². The second kappa shape index (κ2) is 6.10. The van der Waals surface area contributed by atoms with Gasteiger partial charge in [-0.1, -0.05) is 48.6 Å². The van der Waals surface area contributed by atoms with Gasteiger partial charge in [-0.05, 0) is 32.4 Å². The van der Waals surface area contributed by atoms with Crippen molar-refractivity contribution in [3.8, 4) is 11.3 Å². The van der Waals surface area contributed by atoms with Gasteiger partial charge in [-0.2, -0.15) is 0 Å². The Balaban J connectivity index is 2.52. The molecule has 0 aliphatic carbocycles. The summed E-state index contributed by atoms with van der Waals surface area (Å²) in [5, 5.41) is 0. The Kier molecular flexibility index (Phi) is 4.24. The van der Waals surface area contributed by atoms with Gasteiger partial charge in [0.25, 0.3) is 0 Å². The summed E-state index contributed by atoms with van der Waals surface area (Å²) in [6.07, 6.45) is 6.15. The molecule has 2 rings (SSSR count). The van der Waals surface area contributed by atoms with Gasteiger partial charge in [0.05, 0.1) is 11.4 Å². The zero-order chi connectivity index (χ0) is 13.7. The molecule has 0 aliphatic heterocycles. The molecule has 1 heterocycles. The van der Waals surface area contributed by atoms with Crippen LogP contribution in [0.5, 0.6) is 0 Å². The maximum absolute atomic E-state index is 4.52. The minimum absolute atomic E-state index is 0.792. The van der Waals surface area contributed by atoms with Gasteiger partial charge < -0.3 is 0 Å². The molecule has 96 valence electrons. The summed E-state index contributed by atoms with van der Waals surface area (Å²) in [5.74, 6) is 0.792. The number of rotatable bonds is 3. The van der Waals surface area contributed by atoms with E-state index in [-0.39, 0.29) is 0 Å². The van der Waals surface area contributed by atoms with Crippen LogP contribution >= 0.6 is 0 Å². The molecule has 0 amide bonds. The van der Waals surface area contributed by atoms with Crippen LogP contribution in [0, 0.1) is 6.92 Å². The van der Waals surface area contributed by atoms with Crippen molar-refractivity contribution in [1.29, 1.82) is 0 Å². The molecule has 0 atom stereocenters. The van der Waals surface area contributed by atoms with Gasteiger partial charge in [-0.3, -0.25) is 0 Å². The Bertz CT molecular complexity index is 610. The highest BCUT2D eigenvalue weighted by Crippen LogP contribution is 2.21. The third-order valence-corrected chi connectivity index (χ3v) is 2.86. The lowest BCUT2D eigenvalue weighted by molar-refractivity contribution is 1.04. The van der Waals surface area contributed by atoms with Gasteiger partial charge in [0.2, 0.25) is 0 Å². The second-order valence-corrected chi connectivity index (χ2v) is 4.30. The van der Waals surface area contributed by atoms with Crippen LogP contribution in [-0.2, 0) is 0 Å². The second-order valence-electron chi connectivity index (χ2n) is 4.30. The molecule has 0 bridgehead atoms. The molecule has 0 fully saturated rings. The Hall–Kier alpha value is -2.22. The molecule has 2 nitrogen and oxygen atoms in total. The first kappa shape index (κ1) is 13.2. The van der Waals surface area contributed by atoms with E-state index < -0.39 is 0 Å². The van der Waals surface area contributed by atoms with Crippen LogP contribution in [0.25, 0.3) is 16.8 Å². The Labute approximate surface area is 114 Å².